The fourth-order valence-corrected chi connectivity index (χ4v) is 1.72. The lowest BCUT2D eigenvalue weighted by Gasteiger charge is -2.20. The summed E-state index contributed by atoms with van der Waals surface area (Å²) >= 11 is 0. The summed E-state index contributed by atoms with van der Waals surface area (Å²) in [6.45, 7) is 5.03. The molecule has 0 atom stereocenters. The van der Waals surface area contributed by atoms with Crippen LogP contribution in [0.15, 0.2) is 0 Å². The zero-order valence-electron chi connectivity index (χ0n) is 9.25. The number of nitrogens with one attached hydrogen (secondary N) is 1. The number of hydrogen-bond donors (Lipinski definition) is 1. The molecule has 0 bridgehead atoms. The van der Waals surface area contributed by atoms with Crippen LogP contribution in [-0.4, -0.2) is 62.5 Å². The van der Waals surface area contributed by atoms with Crippen LogP contribution in [0, 0.1) is 0 Å². The highest BCUT2D eigenvalue weighted by molar-refractivity contribution is 5.77. The van der Waals surface area contributed by atoms with Gasteiger partial charge < -0.3 is 10.2 Å². The molecular formula is C10H21N3O. The van der Waals surface area contributed by atoms with E-state index in [1.807, 2.05) is 7.05 Å². The van der Waals surface area contributed by atoms with Crippen molar-refractivity contribution in [1.82, 2.24) is 15.1 Å². The lowest BCUT2D eigenvalue weighted by molar-refractivity contribution is -0.121. The first kappa shape index (κ1) is 11.5. The van der Waals surface area contributed by atoms with Crippen LogP contribution in [0.2, 0.25) is 0 Å². The van der Waals surface area contributed by atoms with Crippen molar-refractivity contribution in [2.24, 2.45) is 0 Å². The maximum atomic E-state index is 11.1. The van der Waals surface area contributed by atoms with E-state index in [-0.39, 0.29) is 5.91 Å². The van der Waals surface area contributed by atoms with Gasteiger partial charge in [-0.15, -0.1) is 0 Å². The number of carbonyl (C=O) groups excluding carboxylic acids is 1. The highest BCUT2D eigenvalue weighted by Gasteiger charge is 2.12. The molecule has 0 aliphatic carbocycles. The summed E-state index contributed by atoms with van der Waals surface area (Å²) in [5.41, 5.74) is 0. The summed E-state index contributed by atoms with van der Waals surface area (Å²) in [6.07, 6.45) is 2.67. The minimum atomic E-state index is 0.0916. The number of amides is 1. The van der Waals surface area contributed by atoms with E-state index >= 15 is 0 Å². The van der Waals surface area contributed by atoms with Crippen LogP contribution in [0.3, 0.4) is 0 Å². The van der Waals surface area contributed by atoms with Crippen molar-refractivity contribution in [3.05, 3.63) is 0 Å². The molecule has 0 unspecified atom stereocenters. The Hall–Kier alpha value is -0.610. The van der Waals surface area contributed by atoms with Gasteiger partial charge in [0.2, 0.25) is 5.91 Å². The molecule has 0 aromatic heterocycles. The first-order valence-electron chi connectivity index (χ1n) is 5.34. The van der Waals surface area contributed by atoms with Crippen molar-refractivity contribution < 1.29 is 4.79 Å². The van der Waals surface area contributed by atoms with E-state index in [1.54, 1.807) is 7.05 Å². The Balaban J connectivity index is 2.07. The number of hydrogen-bond acceptors (Lipinski definition) is 3. The average molecular weight is 199 g/mol. The van der Waals surface area contributed by atoms with E-state index in [9.17, 15) is 4.79 Å². The Kier molecular flexibility index (Phi) is 4.90. The van der Waals surface area contributed by atoms with E-state index in [1.165, 1.54) is 25.9 Å². The molecule has 1 saturated heterocycles. The number of likely N-dealkylation sites (N-methyl/N-ethyl adjacent to an activating group) is 2. The summed E-state index contributed by atoms with van der Waals surface area (Å²) in [4.78, 5) is 15.6. The summed E-state index contributed by atoms with van der Waals surface area (Å²) in [5, 5.41) is 2.63. The molecule has 0 aromatic carbocycles. The molecule has 1 aliphatic heterocycles. The topological polar surface area (TPSA) is 35.6 Å². The van der Waals surface area contributed by atoms with Crippen molar-refractivity contribution >= 4 is 5.91 Å². The van der Waals surface area contributed by atoms with Crippen LogP contribution in [0.1, 0.15) is 12.8 Å². The second kappa shape index (κ2) is 5.98. The first-order chi connectivity index (χ1) is 6.72. The molecule has 1 amide bonds. The van der Waals surface area contributed by atoms with Gasteiger partial charge >= 0.3 is 0 Å². The maximum Gasteiger partial charge on any atom is 0.233 e. The van der Waals surface area contributed by atoms with Crippen LogP contribution < -0.4 is 5.32 Å². The zero-order chi connectivity index (χ0) is 10.4. The first-order valence-corrected chi connectivity index (χ1v) is 5.34. The van der Waals surface area contributed by atoms with E-state index in [0.717, 1.165) is 13.1 Å². The molecule has 82 valence electrons. The van der Waals surface area contributed by atoms with E-state index in [4.69, 9.17) is 0 Å². The molecule has 0 saturated carbocycles. The minimum absolute atomic E-state index is 0.0916. The zero-order valence-corrected chi connectivity index (χ0v) is 9.25. The highest BCUT2D eigenvalue weighted by Crippen LogP contribution is 2.06. The van der Waals surface area contributed by atoms with Crippen LogP contribution in [-0.2, 0) is 4.79 Å². The van der Waals surface area contributed by atoms with Crippen LogP contribution in [0.4, 0.5) is 0 Å². The Labute approximate surface area is 86.2 Å². The summed E-state index contributed by atoms with van der Waals surface area (Å²) in [5.74, 6) is 0.0916. The standard InChI is InChI=1S/C10H21N3O/c1-11-10(14)9-12(2)7-8-13-5-3-4-6-13/h3-9H2,1-2H3,(H,11,14). The largest absolute Gasteiger partial charge is 0.358 e. The number of carbonyl (C=O) groups is 1. The normalized spacial score (nSPS) is 17.6. The second-order valence-corrected chi connectivity index (χ2v) is 3.96. The monoisotopic (exact) mass is 199 g/mol. The van der Waals surface area contributed by atoms with Crippen molar-refractivity contribution in [2.45, 2.75) is 12.8 Å². The number of likely N-dealkylation sites (tertiary alicyclic amines) is 1. The van der Waals surface area contributed by atoms with E-state index < -0.39 is 0 Å². The van der Waals surface area contributed by atoms with Crippen molar-refractivity contribution in [2.75, 3.05) is 46.8 Å². The van der Waals surface area contributed by atoms with Gasteiger partial charge in [0, 0.05) is 20.1 Å². The molecule has 1 heterocycles. The fraction of sp³-hybridized carbons (Fsp3) is 0.900. The molecular weight excluding hydrogens is 178 g/mol. The van der Waals surface area contributed by atoms with Gasteiger partial charge in [-0.3, -0.25) is 9.69 Å². The molecule has 0 aromatic rings. The van der Waals surface area contributed by atoms with Gasteiger partial charge in [0.05, 0.1) is 6.54 Å². The van der Waals surface area contributed by atoms with Gasteiger partial charge in [0.15, 0.2) is 0 Å². The SMILES string of the molecule is CNC(=O)CN(C)CCN1CCCC1. The molecule has 1 N–H and O–H groups in total. The lowest BCUT2D eigenvalue weighted by atomic mass is 10.4. The predicted octanol–water partition coefficient (Wildman–Crippen LogP) is -0.240. The molecule has 4 heteroatoms. The Bertz CT molecular complexity index is 178. The fourth-order valence-electron chi connectivity index (χ4n) is 1.72. The molecule has 14 heavy (non-hydrogen) atoms. The molecule has 4 nitrogen and oxygen atoms in total. The smallest absolute Gasteiger partial charge is 0.233 e. The van der Waals surface area contributed by atoms with E-state index in [2.05, 4.69) is 15.1 Å². The second-order valence-electron chi connectivity index (χ2n) is 3.96. The third-order valence-corrected chi connectivity index (χ3v) is 2.69. The predicted molar refractivity (Wildman–Crippen MR) is 57.2 cm³/mol. The van der Waals surface area contributed by atoms with Gasteiger partial charge in [-0.1, -0.05) is 0 Å². The van der Waals surface area contributed by atoms with Gasteiger partial charge in [-0.05, 0) is 33.0 Å². The van der Waals surface area contributed by atoms with Crippen LogP contribution in [0.25, 0.3) is 0 Å². The highest BCUT2D eigenvalue weighted by atomic mass is 16.1. The van der Waals surface area contributed by atoms with Crippen molar-refractivity contribution in [3.63, 3.8) is 0 Å². The molecule has 1 fully saturated rings. The van der Waals surface area contributed by atoms with E-state index in [0.29, 0.717) is 6.54 Å². The molecule has 0 radical (unpaired) electrons. The molecule has 1 rings (SSSR count). The third-order valence-electron chi connectivity index (χ3n) is 2.69. The third kappa shape index (κ3) is 4.07. The summed E-state index contributed by atoms with van der Waals surface area (Å²) in [6, 6.07) is 0. The van der Waals surface area contributed by atoms with Crippen LogP contribution in [0.5, 0.6) is 0 Å². The quantitative estimate of drug-likeness (QED) is 0.664. The average Bonchev–Trinajstić information content (AvgIpc) is 2.67. The molecule has 0 spiro atoms. The minimum Gasteiger partial charge on any atom is -0.358 e. The van der Waals surface area contributed by atoms with Gasteiger partial charge in [0.1, 0.15) is 0 Å². The maximum absolute atomic E-state index is 11.1. The van der Waals surface area contributed by atoms with Crippen LogP contribution >= 0.6 is 0 Å². The number of rotatable bonds is 5. The number of nitrogens with zero attached hydrogens (tertiary/aromatic N) is 2. The van der Waals surface area contributed by atoms with Crippen molar-refractivity contribution in [3.8, 4) is 0 Å². The Morgan fingerprint density at radius 1 is 1.43 bits per heavy atom. The Morgan fingerprint density at radius 3 is 2.64 bits per heavy atom. The molecule has 1 aliphatic rings. The van der Waals surface area contributed by atoms with Gasteiger partial charge in [-0.25, -0.2) is 0 Å². The lowest BCUT2D eigenvalue weighted by Crippen LogP contribution is -2.37. The van der Waals surface area contributed by atoms with Gasteiger partial charge in [0.25, 0.3) is 0 Å². The van der Waals surface area contributed by atoms with Crippen molar-refractivity contribution in [1.29, 1.82) is 0 Å². The summed E-state index contributed by atoms with van der Waals surface area (Å²) < 4.78 is 0. The van der Waals surface area contributed by atoms with Gasteiger partial charge in [-0.2, -0.15) is 0 Å². The summed E-state index contributed by atoms with van der Waals surface area (Å²) in [7, 11) is 3.67. The Morgan fingerprint density at radius 2 is 2.07 bits per heavy atom.